The SMILES string of the molecule is CCOc1cc(F)cc(C2CCNCC2)c1.Cl. The van der Waals surface area contributed by atoms with Crippen molar-refractivity contribution in [1.82, 2.24) is 5.32 Å². The molecule has 0 unspecified atom stereocenters. The van der Waals surface area contributed by atoms with E-state index < -0.39 is 0 Å². The zero-order valence-electron chi connectivity index (χ0n) is 10.0. The van der Waals surface area contributed by atoms with Gasteiger partial charge in [-0.1, -0.05) is 0 Å². The third kappa shape index (κ3) is 3.86. The van der Waals surface area contributed by atoms with Gasteiger partial charge in [0.05, 0.1) is 6.61 Å². The number of piperidine rings is 1. The molecule has 1 aliphatic rings. The molecule has 1 saturated heterocycles. The maximum absolute atomic E-state index is 13.4. The van der Waals surface area contributed by atoms with Gasteiger partial charge in [-0.05, 0) is 56.5 Å². The van der Waals surface area contributed by atoms with Crippen LogP contribution in [0.15, 0.2) is 18.2 Å². The molecule has 2 rings (SSSR count). The molecule has 17 heavy (non-hydrogen) atoms. The largest absolute Gasteiger partial charge is 0.494 e. The van der Waals surface area contributed by atoms with E-state index in [0.29, 0.717) is 18.3 Å². The molecule has 0 aliphatic carbocycles. The maximum atomic E-state index is 13.4. The second kappa shape index (κ2) is 6.82. The van der Waals surface area contributed by atoms with E-state index in [9.17, 15) is 4.39 Å². The Morgan fingerprint density at radius 1 is 1.29 bits per heavy atom. The molecular weight excluding hydrogens is 241 g/mol. The number of hydrogen-bond acceptors (Lipinski definition) is 2. The molecule has 1 aliphatic heterocycles. The number of nitrogens with one attached hydrogen (secondary N) is 1. The summed E-state index contributed by atoms with van der Waals surface area (Å²) in [6.07, 6.45) is 2.16. The first kappa shape index (κ1) is 14.3. The molecule has 1 N–H and O–H groups in total. The summed E-state index contributed by atoms with van der Waals surface area (Å²) in [5, 5.41) is 3.31. The summed E-state index contributed by atoms with van der Waals surface area (Å²) in [4.78, 5) is 0. The molecule has 1 fully saturated rings. The van der Waals surface area contributed by atoms with E-state index in [1.54, 1.807) is 6.07 Å². The number of benzene rings is 1. The Morgan fingerprint density at radius 2 is 2.00 bits per heavy atom. The van der Waals surface area contributed by atoms with Crippen LogP contribution >= 0.6 is 12.4 Å². The third-order valence-corrected chi connectivity index (χ3v) is 3.02. The average Bonchev–Trinajstić information content (AvgIpc) is 2.30. The summed E-state index contributed by atoms with van der Waals surface area (Å²) in [6.45, 7) is 4.53. The molecule has 96 valence electrons. The molecule has 2 nitrogen and oxygen atoms in total. The van der Waals surface area contributed by atoms with Crippen molar-refractivity contribution in [2.24, 2.45) is 0 Å². The van der Waals surface area contributed by atoms with Gasteiger partial charge >= 0.3 is 0 Å². The Labute approximate surface area is 108 Å². The van der Waals surface area contributed by atoms with Crippen molar-refractivity contribution in [3.8, 4) is 5.75 Å². The van der Waals surface area contributed by atoms with Gasteiger partial charge in [-0.25, -0.2) is 4.39 Å². The van der Waals surface area contributed by atoms with Gasteiger partial charge in [-0.15, -0.1) is 12.4 Å². The van der Waals surface area contributed by atoms with Gasteiger partial charge in [-0.2, -0.15) is 0 Å². The first-order valence-corrected chi connectivity index (χ1v) is 5.93. The Hall–Kier alpha value is -0.800. The Kier molecular flexibility index (Phi) is 5.72. The summed E-state index contributed by atoms with van der Waals surface area (Å²) in [5.41, 5.74) is 1.07. The smallest absolute Gasteiger partial charge is 0.127 e. The molecule has 0 spiro atoms. The van der Waals surface area contributed by atoms with Crippen LogP contribution in [0.3, 0.4) is 0 Å². The minimum absolute atomic E-state index is 0. The van der Waals surface area contributed by atoms with Crippen LogP contribution in [0, 0.1) is 5.82 Å². The Balaban J connectivity index is 0.00000144. The van der Waals surface area contributed by atoms with Crippen molar-refractivity contribution in [2.45, 2.75) is 25.7 Å². The molecule has 1 aromatic carbocycles. The van der Waals surface area contributed by atoms with Crippen LogP contribution < -0.4 is 10.1 Å². The number of hydrogen-bond donors (Lipinski definition) is 1. The van der Waals surface area contributed by atoms with Gasteiger partial charge in [-0.3, -0.25) is 0 Å². The lowest BCUT2D eigenvalue weighted by atomic mass is 9.90. The van der Waals surface area contributed by atoms with Crippen LogP contribution in [0.4, 0.5) is 4.39 Å². The second-order valence-corrected chi connectivity index (χ2v) is 4.18. The number of rotatable bonds is 3. The molecule has 1 aromatic rings. The van der Waals surface area contributed by atoms with Crippen molar-refractivity contribution in [2.75, 3.05) is 19.7 Å². The van der Waals surface area contributed by atoms with Gasteiger partial charge in [0.25, 0.3) is 0 Å². The number of halogens is 2. The highest BCUT2D eigenvalue weighted by Gasteiger charge is 2.16. The predicted molar refractivity (Wildman–Crippen MR) is 69.7 cm³/mol. The molecule has 0 amide bonds. The molecule has 0 aromatic heterocycles. The van der Waals surface area contributed by atoms with Crippen molar-refractivity contribution in [3.05, 3.63) is 29.6 Å². The molecule has 0 atom stereocenters. The lowest BCUT2D eigenvalue weighted by Gasteiger charge is -2.23. The van der Waals surface area contributed by atoms with Crippen molar-refractivity contribution in [3.63, 3.8) is 0 Å². The standard InChI is InChI=1S/C13H18FNO.ClH/c1-2-16-13-8-11(7-12(14)9-13)10-3-5-15-6-4-10;/h7-10,15H,2-6H2,1H3;1H. The molecule has 4 heteroatoms. The van der Waals surface area contributed by atoms with Crippen molar-refractivity contribution in [1.29, 1.82) is 0 Å². The monoisotopic (exact) mass is 259 g/mol. The van der Waals surface area contributed by atoms with Crippen LogP contribution in [0.1, 0.15) is 31.2 Å². The fourth-order valence-corrected chi connectivity index (χ4v) is 2.23. The average molecular weight is 260 g/mol. The highest BCUT2D eigenvalue weighted by molar-refractivity contribution is 5.85. The quantitative estimate of drug-likeness (QED) is 0.901. The summed E-state index contributed by atoms with van der Waals surface area (Å²) >= 11 is 0. The fraction of sp³-hybridized carbons (Fsp3) is 0.538. The molecule has 1 heterocycles. The first-order chi connectivity index (χ1) is 7.79. The van der Waals surface area contributed by atoms with Crippen LogP contribution in [-0.2, 0) is 0 Å². The highest BCUT2D eigenvalue weighted by atomic mass is 35.5. The van der Waals surface area contributed by atoms with Gasteiger partial charge in [0.2, 0.25) is 0 Å². The van der Waals surface area contributed by atoms with Gasteiger partial charge < -0.3 is 10.1 Å². The van der Waals surface area contributed by atoms with E-state index in [2.05, 4.69) is 5.32 Å². The van der Waals surface area contributed by atoms with E-state index in [-0.39, 0.29) is 18.2 Å². The normalized spacial score (nSPS) is 16.4. The first-order valence-electron chi connectivity index (χ1n) is 5.93. The van der Waals surface area contributed by atoms with Crippen LogP contribution in [-0.4, -0.2) is 19.7 Å². The number of ether oxygens (including phenoxy) is 1. The lowest BCUT2D eigenvalue weighted by Crippen LogP contribution is -2.26. The third-order valence-electron chi connectivity index (χ3n) is 3.02. The predicted octanol–water partition coefficient (Wildman–Crippen LogP) is 3.11. The van der Waals surface area contributed by atoms with E-state index in [1.807, 2.05) is 13.0 Å². The van der Waals surface area contributed by atoms with E-state index in [0.717, 1.165) is 31.5 Å². The van der Waals surface area contributed by atoms with Crippen LogP contribution in [0.25, 0.3) is 0 Å². The lowest BCUT2D eigenvalue weighted by molar-refractivity contribution is 0.337. The molecule has 0 bridgehead atoms. The Morgan fingerprint density at radius 3 is 2.65 bits per heavy atom. The van der Waals surface area contributed by atoms with Crippen LogP contribution in [0.2, 0.25) is 0 Å². The summed E-state index contributed by atoms with van der Waals surface area (Å²) < 4.78 is 18.8. The fourth-order valence-electron chi connectivity index (χ4n) is 2.23. The van der Waals surface area contributed by atoms with E-state index in [1.165, 1.54) is 6.07 Å². The van der Waals surface area contributed by atoms with E-state index >= 15 is 0 Å². The van der Waals surface area contributed by atoms with Gasteiger partial charge in [0.1, 0.15) is 11.6 Å². The molecule has 0 saturated carbocycles. The molecule has 0 radical (unpaired) electrons. The van der Waals surface area contributed by atoms with Gasteiger partial charge in [0.15, 0.2) is 0 Å². The zero-order valence-corrected chi connectivity index (χ0v) is 10.9. The highest BCUT2D eigenvalue weighted by Crippen LogP contribution is 2.28. The van der Waals surface area contributed by atoms with Crippen LogP contribution in [0.5, 0.6) is 5.75 Å². The summed E-state index contributed by atoms with van der Waals surface area (Å²) in [5.74, 6) is 0.923. The van der Waals surface area contributed by atoms with E-state index in [4.69, 9.17) is 4.74 Å². The zero-order chi connectivity index (χ0) is 11.4. The minimum atomic E-state index is -0.195. The minimum Gasteiger partial charge on any atom is -0.494 e. The summed E-state index contributed by atoms with van der Waals surface area (Å²) in [6, 6.07) is 5.06. The second-order valence-electron chi connectivity index (χ2n) is 4.18. The van der Waals surface area contributed by atoms with Crippen molar-refractivity contribution >= 4 is 12.4 Å². The summed E-state index contributed by atoms with van der Waals surface area (Å²) in [7, 11) is 0. The van der Waals surface area contributed by atoms with Crippen molar-refractivity contribution < 1.29 is 9.13 Å². The molecular formula is C13H19ClFNO. The van der Waals surface area contributed by atoms with Gasteiger partial charge in [0, 0.05) is 6.07 Å². The topological polar surface area (TPSA) is 21.3 Å². The Bertz CT molecular complexity index is 353. The maximum Gasteiger partial charge on any atom is 0.127 e.